The molecule has 1 unspecified atom stereocenters. The van der Waals surface area contributed by atoms with Crippen LogP contribution < -0.4 is 21.3 Å². The summed E-state index contributed by atoms with van der Waals surface area (Å²) in [6.45, 7) is 15.9. The lowest BCUT2D eigenvalue weighted by atomic mass is 10.0. The third-order valence-electron chi connectivity index (χ3n) is 6.86. The number of nitrogens with one attached hydrogen (secondary N) is 4. The maximum Gasteiger partial charge on any atom is 0.416 e. The fraction of sp³-hybridized carbons (Fsp3) is 0.548. The second kappa shape index (κ2) is 18.1. The molecule has 1 aliphatic heterocycles. The summed E-state index contributed by atoms with van der Waals surface area (Å²) in [5.41, 5.74) is 2.40. The highest BCUT2D eigenvalue weighted by atomic mass is 16.6. The molecule has 1 saturated heterocycles. The minimum Gasteiger partial charge on any atom is -0.444 e. The Morgan fingerprint density at radius 3 is 2.32 bits per heavy atom. The van der Waals surface area contributed by atoms with Crippen LogP contribution in [0, 0.1) is 5.92 Å². The fourth-order valence-electron chi connectivity index (χ4n) is 4.32. The summed E-state index contributed by atoms with van der Waals surface area (Å²) in [4.78, 5) is 51.8. The highest BCUT2D eigenvalue weighted by Gasteiger charge is 2.33. The standard InChI is InChI=1S/C31H47N5O8/c1-19(2)27(35-26(37)12-13-43-15-14-42-7)29(39)33-22(6)28(38)34-24-10-8-23(9-11-24)18-44-31(41)36(20(3)4)30(40)25-16-21(5)17-32-25/h8-11,19,22,25,27,30,32,40H,3,5,12-18H2,1-2,4,6-7H3,(H,33,39)(H,34,38)(H,35,37)/t22-,25-,27-,30?/m0/s1. The zero-order valence-corrected chi connectivity index (χ0v) is 26.3. The van der Waals surface area contributed by atoms with Crippen molar-refractivity contribution in [3.63, 3.8) is 0 Å². The molecule has 0 aliphatic carbocycles. The van der Waals surface area contributed by atoms with Crippen LogP contribution in [-0.2, 0) is 35.2 Å². The minimum absolute atomic E-state index is 0.0670. The molecule has 44 heavy (non-hydrogen) atoms. The van der Waals surface area contributed by atoms with E-state index < -0.39 is 36.2 Å². The van der Waals surface area contributed by atoms with E-state index >= 15 is 0 Å². The van der Waals surface area contributed by atoms with E-state index in [1.165, 1.54) is 0 Å². The first kappa shape index (κ1) is 36.4. The van der Waals surface area contributed by atoms with Gasteiger partial charge in [-0.05, 0) is 43.9 Å². The van der Waals surface area contributed by atoms with Crippen molar-refractivity contribution in [1.29, 1.82) is 0 Å². The number of carbonyl (C=O) groups excluding carboxylic acids is 4. The molecule has 1 aromatic carbocycles. The largest absolute Gasteiger partial charge is 0.444 e. The van der Waals surface area contributed by atoms with Crippen LogP contribution in [-0.4, -0.2) is 91.6 Å². The Bertz CT molecular complexity index is 1160. The van der Waals surface area contributed by atoms with Gasteiger partial charge in [0.2, 0.25) is 17.7 Å². The molecular weight excluding hydrogens is 570 g/mol. The maximum atomic E-state index is 12.9. The second-order valence-corrected chi connectivity index (χ2v) is 11.1. The molecule has 0 saturated carbocycles. The zero-order chi connectivity index (χ0) is 32.8. The Balaban J connectivity index is 1.85. The first-order chi connectivity index (χ1) is 20.8. The summed E-state index contributed by atoms with van der Waals surface area (Å²) in [5, 5.41) is 21.9. The molecule has 13 nitrogen and oxygen atoms in total. The highest BCUT2D eigenvalue weighted by Crippen LogP contribution is 2.20. The predicted octanol–water partition coefficient (Wildman–Crippen LogP) is 2.03. The Kier molecular flexibility index (Phi) is 15.0. The number of amides is 4. The number of carbonyl (C=O) groups is 4. The normalized spacial score (nSPS) is 16.5. The van der Waals surface area contributed by atoms with Gasteiger partial charge in [-0.3, -0.25) is 19.3 Å². The lowest BCUT2D eigenvalue weighted by Crippen LogP contribution is -2.53. The van der Waals surface area contributed by atoms with E-state index in [4.69, 9.17) is 14.2 Å². The van der Waals surface area contributed by atoms with Gasteiger partial charge < -0.3 is 40.6 Å². The molecule has 0 radical (unpaired) electrons. The van der Waals surface area contributed by atoms with Crippen LogP contribution in [0.3, 0.4) is 0 Å². The van der Waals surface area contributed by atoms with Crippen molar-refractivity contribution in [3.05, 3.63) is 54.3 Å². The summed E-state index contributed by atoms with van der Waals surface area (Å²) in [6, 6.07) is 4.56. The van der Waals surface area contributed by atoms with Gasteiger partial charge in [-0.25, -0.2) is 4.79 Å². The molecule has 1 aromatic rings. The van der Waals surface area contributed by atoms with Gasteiger partial charge in [-0.1, -0.05) is 44.7 Å². The van der Waals surface area contributed by atoms with Gasteiger partial charge in [-0.2, -0.15) is 0 Å². The summed E-state index contributed by atoms with van der Waals surface area (Å²) in [6.07, 6.45) is -1.27. The fourth-order valence-corrected chi connectivity index (χ4v) is 4.32. The summed E-state index contributed by atoms with van der Waals surface area (Å²) < 4.78 is 15.6. The molecule has 0 bridgehead atoms. The number of rotatable bonds is 17. The molecule has 0 spiro atoms. The van der Waals surface area contributed by atoms with Crippen molar-refractivity contribution in [2.45, 2.75) is 71.5 Å². The number of methoxy groups -OCH3 is 1. The number of hydrogen-bond donors (Lipinski definition) is 5. The van der Waals surface area contributed by atoms with Crippen LogP contribution in [0.4, 0.5) is 10.5 Å². The first-order valence-electron chi connectivity index (χ1n) is 14.6. The Labute approximate surface area is 259 Å². The van der Waals surface area contributed by atoms with E-state index in [1.54, 1.807) is 59.1 Å². The van der Waals surface area contributed by atoms with Crippen molar-refractivity contribution >= 4 is 29.5 Å². The molecular formula is C31H47N5O8. The van der Waals surface area contributed by atoms with Crippen LogP contribution in [0.5, 0.6) is 0 Å². The molecule has 244 valence electrons. The third kappa shape index (κ3) is 11.7. The average molecular weight is 618 g/mol. The molecule has 2 rings (SSSR count). The van der Waals surface area contributed by atoms with Crippen LogP contribution in [0.1, 0.15) is 46.1 Å². The van der Waals surface area contributed by atoms with Gasteiger partial charge in [0, 0.05) is 31.5 Å². The summed E-state index contributed by atoms with van der Waals surface area (Å²) >= 11 is 0. The predicted molar refractivity (Wildman–Crippen MR) is 165 cm³/mol. The number of hydrogen-bond acceptors (Lipinski definition) is 9. The number of aliphatic hydroxyl groups is 1. The van der Waals surface area contributed by atoms with Crippen molar-refractivity contribution in [3.8, 4) is 0 Å². The average Bonchev–Trinajstić information content (AvgIpc) is 3.41. The second-order valence-electron chi connectivity index (χ2n) is 11.1. The van der Waals surface area contributed by atoms with E-state index in [2.05, 4.69) is 34.4 Å². The van der Waals surface area contributed by atoms with Crippen LogP contribution in [0.2, 0.25) is 0 Å². The van der Waals surface area contributed by atoms with E-state index in [1.807, 2.05) is 0 Å². The lowest BCUT2D eigenvalue weighted by molar-refractivity contribution is -0.132. The molecule has 1 fully saturated rings. The molecule has 13 heteroatoms. The van der Waals surface area contributed by atoms with E-state index in [9.17, 15) is 24.3 Å². The van der Waals surface area contributed by atoms with Crippen molar-refractivity contribution in [2.24, 2.45) is 5.92 Å². The zero-order valence-electron chi connectivity index (χ0n) is 26.3. The monoisotopic (exact) mass is 617 g/mol. The number of benzene rings is 1. The Morgan fingerprint density at radius 2 is 1.75 bits per heavy atom. The quantitative estimate of drug-likeness (QED) is 0.0998. The van der Waals surface area contributed by atoms with Gasteiger partial charge >= 0.3 is 6.09 Å². The molecule has 0 aromatic heterocycles. The van der Waals surface area contributed by atoms with Crippen molar-refractivity contribution in [1.82, 2.24) is 20.9 Å². The van der Waals surface area contributed by atoms with Gasteiger partial charge in [0.05, 0.1) is 25.9 Å². The molecule has 4 amide bonds. The van der Waals surface area contributed by atoms with Crippen LogP contribution >= 0.6 is 0 Å². The van der Waals surface area contributed by atoms with Gasteiger partial charge in [0.15, 0.2) is 6.23 Å². The number of aliphatic hydroxyl groups excluding tert-OH is 1. The lowest BCUT2D eigenvalue weighted by Gasteiger charge is -2.31. The Hall–Kier alpha value is -3.78. The maximum absolute atomic E-state index is 12.9. The third-order valence-corrected chi connectivity index (χ3v) is 6.86. The SMILES string of the molecule is C=C1CN[C@H](C(O)N(C(=C)C)C(=O)OCc2ccc(NC(=O)[C@H](C)NC(=O)[C@@H](NC(=O)CCOCCOC)C(C)C)cc2)C1. The minimum atomic E-state index is -1.16. The molecule has 1 aliphatic rings. The number of anilines is 1. The topological polar surface area (TPSA) is 168 Å². The number of allylic oxidation sites excluding steroid dienone is 1. The smallest absolute Gasteiger partial charge is 0.416 e. The van der Waals surface area contributed by atoms with E-state index in [-0.39, 0.29) is 37.5 Å². The van der Waals surface area contributed by atoms with Gasteiger partial charge in [0.1, 0.15) is 18.7 Å². The summed E-state index contributed by atoms with van der Waals surface area (Å²) in [7, 11) is 1.56. The van der Waals surface area contributed by atoms with E-state index in [0.29, 0.717) is 43.1 Å². The van der Waals surface area contributed by atoms with Crippen molar-refractivity contribution in [2.75, 3.05) is 38.8 Å². The molecule has 1 heterocycles. The number of ether oxygens (including phenoxy) is 3. The molecule has 4 atom stereocenters. The summed E-state index contributed by atoms with van der Waals surface area (Å²) in [5.74, 6) is -1.47. The van der Waals surface area contributed by atoms with E-state index in [0.717, 1.165) is 10.5 Å². The molecule has 5 N–H and O–H groups in total. The van der Waals surface area contributed by atoms with Crippen molar-refractivity contribution < 1.29 is 38.5 Å². The number of nitrogens with zero attached hydrogens (tertiary/aromatic N) is 1. The van der Waals surface area contributed by atoms with Gasteiger partial charge in [0.25, 0.3) is 0 Å². The van der Waals surface area contributed by atoms with Crippen LogP contribution in [0.15, 0.2) is 48.7 Å². The van der Waals surface area contributed by atoms with Gasteiger partial charge in [-0.15, -0.1) is 0 Å². The Morgan fingerprint density at radius 1 is 1.07 bits per heavy atom. The highest BCUT2D eigenvalue weighted by molar-refractivity contribution is 5.98. The first-order valence-corrected chi connectivity index (χ1v) is 14.6. The van der Waals surface area contributed by atoms with Crippen LogP contribution in [0.25, 0.3) is 0 Å².